The number of ether oxygens (including phenoxy) is 3. The van der Waals surface area contributed by atoms with Crippen LogP contribution in [-0.4, -0.2) is 69.8 Å². The van der Waals surface area contributed by atoms with Crippen LogP contribution >= 0.6 is 0 Å². The number of aldehydes is 1. The fraction of sp³-hybridized carbons (Fsp3) is 0.444. The molecule has 45 heavy (non-hydrogen) atoms. The molecule has 1 amide bonds. The van der Waals surface area contributed by atoms with E-state index in [1.807, 2.05) is 6.92 Å². The molecule has 5 rings (SSSR count). The van der Waals surface area contributed by atoms with Gasteiger partial charge in [0, 0.05) is 31.7 Å². The third-order valence-electron chi connectivity index (χ3n) is 8.20. The molecule has 1 aliphatic carbocycles. The minimum absolute atomic E-state index is 0.0521. The van der Waals surface area contributed by atoms with E-state index in [1.165, 1.54) is 22.8 Å². The van der Waals surface area contributed by atoms with E-state index in [0.717, 1.165) is 68.5 Å². The predicted octanol–water partition coefficient (Wildman–Crippen LogP) is 5.59. The van der Waals surface area contributed by atoms with E-state index in [-0.39, 0.29) is 12.1 Å². The maximum absolute atomic E-state index is 13.8. The fourth-order valence-electron chi connectivity index (χ4n) is 6.14. The van der Waals surface area contributed by atoms with E-state index >= 15 is 0 Å². The van der Waals surface area contributed by atoms with Gasteiger partial charge in [-0.3, -0.25) is 9.69 Å². The van der Waals surface area contributed by atoms with Crippen LogP contribution in [0, 0.1) is 12.7 Å². The molecule has 0 radical (unpaired) electrons. The first-order valence-electron chi connectivity index (χ1n) is 15.5. The summed E-state index contributed by atoms with van der Waals surface area (Å²) in [5, 5.41) is 9.39. The molecule has 0 bridgehead atoms. The molecule has 0 saturated carbocycles. The van der Waals surface area contributed by atoms with Crippen molar-refractivity contribution >= 4 is 12.2 Å². The summed E-state index contributed by atoms with van der Waals surface area (Å²) in [5.74, 6) is 1.04. The molecule has 3 aromatic carbocycles. The fourth-order valence-corrected chi connectivity index (χ4v) is 6.14. The molecule has 3 aromatic rings. The van der Waals surface area contributed by atoms with Crippen molar-refractivity contribution in [3.05, 3.63) is 93.3 Å². The van der Waals surface area contributed by atoms with Crippen LogP contribution in [0.1, 0.15) is 75.8 Å². The zero-order valence-electron chi connectivity index (χ0n) is 27.2. The Balaban J connectivity index is 0.000000239. The summed E-state index contributed by atoms with van der Waals surface area (Å²) in [6.07, 6.45) is 5.07. The third kappa shape index (κ3) is 9.12. The predicted molar refractivity (Wildman–Crippen MR) is 174 cm³/mol. The van der Waals surface area contributed by atoms with Gasteiger partial charge in [0.1, 0.15) is 23.6 Å². The Bertz CT molecular complexity index is 1380. The van der Waals surface area contributed by atoms with E-state index < -0.39 is 11.7 Å². The van der Waals surface area contributed by atoms with E-state index in [2.05, 4.69) is 47.5 Å². The number of halogens is 1. The topological polar surface area (TPSA) is 97.3 Å². The number of carbonyl (C=O) groups excluding carboxylic acids is 2. The van der Waals surface area contributed by atoms with Gasteiger partial charge in [-0.15, -0.1) is 0 Å². The van der Waals surface area contributed by atoms with Crippen LogP contribution in [-0.2, 0) is 29.1 Å². The minimum Gasteiger partial charge on any atom is -0.496 e. The quantitative estimate of drug-likeness (QED) is 0.269. The van der Waals surface area contributed by atoms with Gasteiger partial charge in [-0.1, -0.05) is 30.3 Å². The van der Waals surface area contributed by atoms with Crippen molar-refractivity contribution in [2.45, 2.75) is 58.6 Å². The van der Waals surface area contributed by atoms with Crippen LogP contribution in [0.15, 0.2) is 48.5 Å². The zero-order chi connectivity index (χ0) is 32.8. The summed E-state index contributed by atoms with van der Waals surface area (Å²) >= 11 is 0. The first-order chi connectivity index (χ1) is 21.9. The Labute approximate surface area is 266 Å². The van der Waals surface area contributed by atoms with Crippen LogP contribution in [0.3, 0.4) is 0 Å². The Kier molecular flexibility index (Phi) is 14.5. The SMILES string of the molecule is CCOCc1cc(OC)c(C2CCc3c(C)cccc32)c(OC)c1.CO.O=CCNC(=O)c1c(F)cccc1CN1CCCC1. The largest absolute Gasteiger partial charge is 0.496 e. The molecule has 1 fully saturated rings. The molecule has 244 valence electrons. The van der Waals surface area contributed by atoms with Crippen LogP contribution in [0.5, 0.6) is 11.5 Å². The van der Waals surface area contributed by atoms with Crippen LogP contribution in [0.25, 0.3) is 0 Å². The Hall–Kier alpha value is -3.79. The standard InChI is InChI=1S/C21H26O3.C14H17FN2O2.CH4O/c1-5-24-13-15-11-19(22-3)21(20(12-15)23-4)18-10-9-16-14(2)7-6-8-17(16)18;15-12-5-3-4-11(10-17-7-1-2-8-17)13(12)14(19)16-6-9-18;1-2/h6-8,11-12,18H,5,9-10,13H2,1-4H3;3-5,9H,1-2,6-8,10H2,(H,16,19);2H,1H3. The number of fused-ring (bicyclic) bond motifs is 1. The van der Waals surface area contributed by atoms with Crippen molar-refractivity contribution in [2.24, 2.45) is 0 Å². The molecule has 1 heterocycles. The Morgan fingerprint density at radius 1 is 1.07 bits per heavy atom. The van der Waals surface area contributed by atoms with Gasteiger partial charge in [-0.25, -0.2) is 4.39 Å². The van der Waals surface area contributed by atoms with Gasteiger partial charge in [0.15, 0.2) is 0 Å². The number of rotatable bonds is 11. The molecule has 0 aromatic heterocycles. The molecule has 1 saturated heterocycles. The first-order valence-corrected chi connectivity index (χ1v) is 15.5. The summed E-state index contributed by atoms with van der Waals surface area (Å²) in [6.45, 7) is 7.89. The van der Waals surface area contributed by atoms with Gasteiger partial charge in [-0.05, 0) is 98.6 Å². The highest BCUT2D eigenvalue weighted by atomic mass is 19.1. The first kappa shape index (κ1) is 35.7. The van der Waals surface area contributed by atoms with Crippen molar-refractivity contribution in [1.29, 1.82) is 0 Å². The lowest BCUT2D eigenvalue weighted by atomic mass is 9.90. The number of carbonyl (C=O) groups is 2. The monoisotopic (exact) mass is 622 g/mol. The second kappa shape index (κ2) is 18.2. The molecule has 1 atom stereocenters. The van der Waals surface area contributed by atoms with E-state index in [1.54, 1.807) is 26.4 Å². The normalized spacial score (nSPS) is 15.2. The summed E-state index contributed by atoms with van der Waals surface area (Å²) in [4.78, 5) is 24.4. The molecule has 2 N–H and O–H groups in total. The highest BCUT2D eigenvalue weighted by molar-refractivity contribution is 5.96. The van der Waals surface area contributed by atoms with Gasteiger partial charge in [0.05, 0.1) is 32.9 Å². The number of aliphatic hydroxyl groups excluding tert-OH is 1. The number of hydrogen-bond donors (Lipinski definition) is 2. The average molecular weight is 623 g/mol. The summed E-state index contributed by atoms with van der Waals surface area (Å²) < 4.78 is 30.8. The lowest BCUT2D eigenvalue weighted by molar-refractivity contribution is -0.107. The average Bonchev–Trinajstić information content (AvgIpc) is 3.74. The molecule has 9 heteroatoms. The Morgan fingerprint density at radius 3 is 2.36 bits per heavy atom. The maximum atomic E-state index is 13.8. The third-order valence-corrected chi connectivity index (χ3v) is 8.20. The van der Waals surface area contributed by atoms with E-state index in [9.17, 15) is 14.0 Å². The van der Waals surface area contributed by atoms with Crippen LogP contribution < -0.4 is 14.8 Å². The molecule has 2 aliphatic rings. The van der Waals surface area contributed by atoms with Gasteiger partial charge in [0.2, 0.25) is 0 Å². The van der Waals surface area contributed by atoms with Crippen molar-refractivity contribution in [2.75, 3.05) is 47.6 Å². The van der Waals surface area contributed by atoms with Crippen molar-refractivity contribution in [3.63, 3.8) is 0 Å². The van der Waals surface area contributed by atoms with Crippen molar-refractivity contribution in [3.8, 4) is 11.5 Å². The smallest absolute Gasteiger partial charge is 0.254 e. The number of likely N-dealkylation sites (tertiary alicyclic amines) is 1. The highest BCUT2D eigenvalue weighted by Gasteiger charge is 2.30. The molecule has 0 spiro atoms. The second-order valence-corrected chi connectivity index (χ2v) is 10.9. The molecular weight excluding hydrogens is 575 g/mol. The second-order valence-electron chi connectivity index (χ2n) is 10.9. The highest BCUT2D eigenvalue weighted by Crippen LogP contribution is 2.47. The van der Waals surface area contributed by atoms with E-state index in [4.69, 9.17) is 19.3 Å². The number of amides is 1. The lowest BCUT2D eigenvalue weighted by Gasteiger charge is -2.21. The molecule has 1 aliphatic heterocycles. The van der Waals surface area contributed by atoms with Gasteiger partial charge in [0.25, 0.3) is 5.91 Å². The van der Waals surface area contributed by atoms with E-state index in [0.29, 0.717) is 37.5 Å². The summed E-state index contributed by atoms with van der Waals surface area (Å²) in [5.41, 5.74) is 7.22. The number of nitrogens with zero attached hydrogens (tertiary/aromatic N) is 1. The van der Waals surface area contributed by atoms with Crippen molar-refractivity contribution < 1.29 is 33.3 Å². The number of aryl methyl sites for hydroxylation is 1. The van der Waals surface area contributed by atoms with Crippen LogP contribution in [0.2, 0.25) is 0 Å². The molecule has 1 unspecified atom stereocenters. The molecular formula is C36H47FN2O6. The molecule has 8 nitrogen and oxygen atoms in total. The number of benzene rings is 3. The maximum Gasteiger partial charge on any atom is 0.254 e. The van der Waals surface area contributed by atoms with Gasteiger partial charge in [-0.2, -0.15) is 0 Å². The van der Waals surface area contributed by atoms with Gasteiger partial charge < -0.3 is 29.4 Å². The number of nitrogens with one attached hydrogen (secondary N) is 1. The number of aliphatic hydroxyl groups is 1. The summed E-state index contributed by atoms with van der Waals surface area (Å²) in [7, 11) is 4.46. The van der Waals surface area contributed by atoms with Crippen molar-refractivity contribution in [1.82, 2.24) is 10.2 Å². The van der Waals surface area contributed by atoms with Gasteiger partial charge >= 0.3 is 0 Å². The number of hydrogen-bond acceptors (Lipinski definition) is 7. The number of methoxy groups -OCH3 is 2. The van der Waals surface area contributed by atoms with Crippen LogP contribution in [0.4, 0.5) is 4.39 Å². The minimum atomic E-state index is -0.542. The lowest BCUT2D eigenvalue weighted by Crippen LogP contribution is -2.29. The Morgan fingerprint density at radius 2 is 1.73 bits per heavy atom. The summed E-state index contributed by atoms with van der Waals surface area (Å²) in [6, 6.07) is 15.4. The zero-order valence-corrected chi connectivity index (χ0v) is 27.2.